The summed E-state index contributed by atoms with van der Waals surface area (Å²) in [5, 5.41) is 3.08. The van der Waals surface area contributed by atoms with Gasteiger partial charge in [-0.05, 0) is 43.4 Å². The fraction of sp³-hybridized carbons (Fsp3) is 0.667. The number of amides is 2. The van der Waals surface area contributed by atoms with E-state index in [4.69, 9.17) is 0 Å². The highest BCUT2D eigenvalue weighted by atomic mass is 32.2. The van der Waals surface area contributed by atoms with Crippen molar-refractivity contribution in [3.8, 4) is 0 Å². The lowest BCUT2D eigenvalue weighted by molar-refractivity contribution is 0.172. The molecule has 1 aromatic rings. The number of carbonyl (C=O) groups is 1. The fourth-order valence-corrected chi connectivity index (χ4v) is 4.90. The molecule has 2 fully saturated rings. The van der Waals surface area contributed by atoms with Crippen molar-refractivity contribution in [1.29, 1.82) is 0 Å². The quantitative estimate of drug-likeness (QED) is 0.909. The first-order valence-electron chi connectivity index (χ1n) is 8.90. The second kappa shape index (κ2) is 7.64. The molecule has 3 rings (SSSR count). The first-order valence-corrected chi connectivity index (χ1v) is 10.5. The van der Waals surface area contributed by atoms with E-state index in [1.165, 1.54) is 0 Å². The van der Waals surface area contributed by atoms with Crippen molar-refractivity contribution >= 4 is 16.8 Å². The van der Waals surface area contributed by atoms with E-state index >= 15 is 0 Å². The summed E-state index contributed by atoms with van der Waals surface area (Å²) < 4.78 is 11.8. The monoisotopic (exact) mass is 349 g/mol. The van der Waals surface area contributed by atoms with Crippen molar-refractivity contribution in [2.24, 2.45) is 0 Å². The fourth-order valence-electron chi connectivity index (χ4n) is 3.76. The van der Waals surface area contributed by atoms with Crippen LogP contribution < -0.4 is 5.32 Å². The molecule has 24 heavy (non-hydrogen) atoms. The molecular weight excluding hydrogens is 322 g/mol. The van der Waals surface area contributed by atoms with Gasteiger partial charge in [-0.25, -0.2) is 4.79 Å². The topological polar surface area (TPSA) is 62.3 Å². The number of hydrogen-bond acceptors (Lipinski definition) is 3. The summed E-state index contributed by atoms with van der Waals surface area (Å²) in [5.74, 6) is 0. The van der Waals surface area contributed by atoms with Gasteiger partial charge in [0.1, 0.15) is 0 Å². The van der Waals surface area contributed by atoms with Gasteiger partial charge in [0.15, 0.2) is 0 Å². The lowest BCUT2D eigenvalue weighted by Gasteiger charge is -2.40. The first-order chi connectivity index (χ1) is 11.6. The zero-order valence-corrected chi connectivity index (χ0v) is 15.2. The van der Waals surface area contributed by atoms with E-state index in [1.807, 2.05) is 17.0 Å². The predicted octanol–water partition coefficient (Wildman–Crippen LogP) is 3.01. The molecule has 0 unspecified atom stereocenters. The van der Waals surface area contributed by atoms with Gasteiger partial charge in [0.05, 0.1) is 10.8 Å². The Morgan fingerprint density at radius 1 is 1.29 bits per heavy atom. The summed E-state index contributed by atoms with van der Waals surface area (Å²) in [6, 6.07) is 4.10. The van der Waals surface area contributed by atoms with Crippen molar-refractivity contribution < 1.29 is 9.00 Å². The van der Waals surface area contributed by atoms with Crippen LogP contribution in [-0.4, -0.2) is 44.2 Å². The van der Waals surface area contributed by atoms with Gasteiger partial charge in [-0.15, -0.1) is 0 Å². The number of hydrogen-bond donors (Lipinski definition) is 1. The number of likely N-dealkylation sites (tertiary alicyclic amines) is 1. The Hall–Kier alpha value is -1.43. The van der Waals surface area contributed by atoms with E-state index in [0.717, 1.165) is 57.1 Å². The van der Waals surface area contributed by atoms with E-state index in [-0.39, 0.29) is 16.8 Å². The number of nitrogens with zero attached hydrogens (tertiary/aromatic N) is 2. The molecule has 2 aliphatic rings. The molecule has 2 atom stereocenters. The molecule has 0 aromatic carbocycles. The zero-order valence-electron chi connectivity index (χ0n) is 14.4. The number of nitrogens with one attached hydrogen (secondary N) is 1. The molecule has 1 saturated heterocycles. The van der Waals surface area contributed by atoms with Crippen LogP contribution in [-0.2, 0) is 10.8 Å². The highest BCUT2D eigenvalue weighted by Crippen LogP contribution is 2.36. The molecule has 2 heterocycles. The third kappa shape index (κ3) is 3.63. The zero-order chi connectivity index (χ0) is 17.0. The van der Waals surface area contributed by atoms with Crippen molar-refractivity contribution in [3.63, 3.8) is 0 Å². The van der Waals surface area contributed by atoms with Crippen molar-refractivity contribution in [3.05, 3.63) is 30.1 Å². The molecule has 2 amide bonds. The molecule has 6 heteroatoms. The van der Waals surface area contributed by atoms with Gasteiger partial charge in [-0.3, -0.25) is 9.19 Å². The van der Waals surface area contributed by atoms with Crippen LogP contribution in [0.3, 0.4) is 0 Å². The predicted molar refractivity (Wildman–Crippen MR) is 96.2 cm³/mol. The summed E-state index contributed by atoms with van der Waals surface area (Å²) in [6.45, 7) is 1.30. The lowest BCUT2D eigenvalue weighted by Crippen LogP contribution is -2.53. The van der Waals surface area contributed by atoms with Crippen LogP contribution in [0.1, 0.15) is 56.6 Å². The first kappa shape index (κ1) is 17.4. The maximum Gasteiger partial charge on any atom is 0.317 e. The molecule has 0 radical (unpaired) electrons. The minimum Gasteiger partial charge on any atom is -0.336 e. The van der Waals surface area contributed by atoms with Crippen LogP contribution in [0.25, 0.3) is 0 Å². The van der Waals surface area contributed by atoms with Crippen molar-refractivity contribution in [1.82, 2.24) is 15.2 Å². The van der Waals surface area contributed by atoms with E-state index in [9.17, 15) is 9.00 Å². The third-order valence-electron chi connectivity index (χ3n) is 5.54. The van der Waals surface area contributed by atoms with Gasteiger partial charge >= 0.3 is 6.03 Å². The maximum atomic E-state index is 12.8. The van der Waals surface area contributed by atoms with Gasteiger partial charge in [0.2, 0.25) is 0 Å². The number of urea groups is 1. The summed E-state index contributed by atoms with van der Waals surface area (Å²) >= 11 is 0. The standard InChI is InChI=1S/C18H27N3O2S/c1-24(23)18(9-5-10-18)14-20-17(22)21-13-4-2-3-6-16(21)15-7-11-19-12-8-15/h7-8,11-12,16H,2-6,9-10,13-14H2,1H3,(H,20,22)/t16-,24+/m0/s1. The molecule has 132 valence electrons. The largest absolute Gasteiger partial charge is 0.336 e. The summed E-state index contributed by atoms with van der Waals surface area (Å²) in [5.41, 5.74) is 1.15. The van der Waals surface area contributed by atoms with Gasteiger partial charge in [0.25, 0.3) is 0 Å². The average molecular weight is 350 g/mol. The Kier molecular flexibility index (Phi) is 5.54. The minimum atomic E-state index is -0.893. The third-order valence-corrected chi connectivity index (χ3v) is 7.31. The second-order valence-electron chi connectivity index (χ2n) is 6.99. The summed E-state index contributed by atoms with van der Waals surface area (Å²) in [4.78, 5) is 18.9. The van der Waals surface area contributed by atoms with Crippen LogP contribution in [0.5, 0.6) is 0 Å². The van der Waals surface area contributed by atoms with Crippen LogP contribution >= 0.6 is 0 Å². The van der Waals surface area contributed by atoms with E-state index < -0.39 is 10.8 Å². The van der Waals surface area contributed by atoms with Gasteiger partial charge < -0.3 is 10.2 Å². The van der Waals surface area contributed by atoms with Crippen molar-refractivity contribution in [2.75, 3.05) is 19.3 Å². The molecule has 0 spiro atoms. The highest BCUT2D eigenvalue weighted by molar-refractivity contribution is 7.85. The summed E-state index contributed by atoms with van der Waals surface area (Å²) in [6.07, 6.45) is 12.7. The second-order valence-corrected chi connectivity index (χ2v) is 8.76. The molecule has 1 aliphatic carbocycles. The van der Waals surface area contributed by atoms with E-state index in [2.05, 4.69) is 10.3 Å². The highest BCUT2D eigenvalue weighted by Gasteiger charge is 2.41. The Morgan fingerprint density at radius 3 is 2.67 bits per heavy atom. The van der Waals surface area contributed by atoms with Gasteiger partial charge in [-0.1, -0.05) is 19.3 Å². The Bertz CT molecular complexity index is 589. The molecule has 1 saturated carbocycles. The van der Waals surface area contributed by atoms with E-state index in [0.29, 0.717) is 6.54 Å². The number of pyridine rings is 1. The number of rotatable bonds is 4. The lowest BCUT2D eigenvalue weighted by atomic mass is 9.84. The SMILES string of the molecule is C[S@@](=O)C1(CNC(=O)N2CCCCC[C@H]2c2ccncc2)CCC1. The molecule has 0 bridgehead atoms. The molecule has 1 N–H and O–H groups in total. The van der Waals surface area contributed by atoms with Gasteiger partial charge in [0, 0.05) is 42.5 Å². The molecule has 1 aromatic heterocycles. The average Bonchev–Trinajstić information content (AvgIpc) is 2.80. The van der Waals surface area contributed by atoms with Gasteiger partial charge in [-0.2, -0.15) is 0 Å². The van der Waals surface area contributed by atoms with Crippen LogP contribution in [0.15, 0.2) is 24.5 Å². The smallest absolute Gasteiger partial charge is 0.317 e. The van der Waals surface area contributed by atoms with Crippen LogP contribution in [0.4, 0.5) is 4.79 Å². The molecule has 5 nitrogen and oxygen atoms in total. The maximum absolute atomic E-state index is 12.8. The normalized spacial score (nSPS) is 24.5. The van der Waals surface area contributed by atoms with Crippen LogP contribution in [0, 0.1) is 0 Å². The Morgan fingerprint density at radius 2 is 2.04 bits per heavy atom. The van der Waals surface area contributed by atoms with Crippen molar-refractivity contribution in [2.45, 2.75) is 55.7 Å². The summed E-state index contributed by atoms with van der Waals surface area (Å²) in [7, 11) is -0.893. The molecule has 1 aliphatic heterocycles. The number of aromatic nitrogens is 1. The van der Waals surface area contributed by atoms with Crippen LogP contribution in [0.2, 0.25) is 0 Å². The Labute approximate surface area is 146 Å². The van der Waals surface area contributed by atoms with E-state index in [1.54, 1.807) is 18.6 Å². The molecular formula is C18H27N3O2S. The minimum absolute atomic E-state index is 0.0181. The number of carbonyl (C=O) groups excluding carboxylic acids is 1. The Balaban J connectivity index is 1.69.